The molecule has 0 amide bonds. The van der Waals surface area contributed by atoms with Gasteiger partial charge in [0.05, 0.1) is 11.9 Å². The SMILES string of the molecule is CCNCc1cncc(Oc2cccc(C(C)(C)C)c2)n1. The van der Waals surface area contributed by atoms with Crippen molar-refractivity contribution in [3.8, 4) is 11.6 Å². The van der Waals surface area contributed by atoms with Crippen molar-refractivity contribution < 1.29 is 4.74 Å². The molecule has 0 aliphatic heterocycles. The van der Waals surface area contributed by atoms with Crippen molar-refractivity contribution in [1.82, 2.24) is 15.3 Å². The number of hydrogen-bond donors (Lipinski definition) is 1. The van der Waals surface area contributed by atoms with Gasteiger partial charge < -0.3 is 10.1 Å². The summed E-state index contributed by atoms with van der Waals surface area (Å²) in [5.41, 5.74) is 2.20. The third-order valence-electron chi connectivity index (χ3n) is 3.14. The monoisotopic (exact) mass is 285 g/mol. The summed E-state index contributed by atoms with van der Waals surface area (Å²) >= 11 is 0. The molecule has 2 aromatic rings. The van der Waals surface area contributed by atoms with Crippen LogP contribution in [-0.4, -0.2) is 16.5 Å². The molecule has 4 nitrogen and oxygen atoms in total. The van der Waals surface area contributed by atoms with E-state index in [1.165, 1.54) is 5.56 Å². The zero-order valence-corrected chi connectivity index (χ0v) is 13.2. The van der Waals surface area contributed by atoms with Crippen LogP contribution < -0.4 is 10.1 Å². The lowest BCUT2D eigenvalue weighted by atomic mass is 9.87. The highest BCUT2D eigenvalue weighted by Crippen LogP contribution is 2.27. The van der Waals surface area contributed by atoms with Gasteiger partial charge in [0.15, 0.2) is 0 Å². The summed E-state index contributed by atoms with van der Waals surface area (Å²) in [6.45, 7) is 10.2. The average Bonchev–Trinajstić information content (AvgIpc) is 2.45. The smallest absolute Gasteiger partial charge is 0.238 e. The maximum Gasteiger partial charge on any atom is 0.238 e. The topological polar surface area (TPSA) is 47.0 Å². The van der Waals surface area contributed by atoms with Gasteiger partial charge in [0, 0.05) is 12.7 Å². The lowest BCUT2D eigenvalue weighted by Gasteiger charge is -2.19. The van der Waals surface area contributed by atoms with Crippen LogP contribution in [0.3, 0.4) is 0 Å². The van der Waals surface area contributed by atoms with Gasteiger partial charge in [-0.15, -0.1) is 0 Å². The van der Waals surface area contributed by atoms with Crippen LogP contribution in [0.4, 0.5) is 0 Å². The first-order chi connectivity index (χ1) is 9.99. The third-order valence-corrected chi connectivity index (χ3v) is 3.14. The van der Waals surface area contributed by atoms with Gasteiger partial charge in [-0.25, -0.2) is 4.98 Å². The van der Waals surface area contributed by atoms with Crippen LogP contribution in [0.5, 0.6) is 11.6 Å². The Morgan fingerprint density at radius 3 is 2.71 bits per heavy atom. The van der Waals surface area contributed by atoms with Crippen molar-refractivity contribution in [1.29, 1.82) is 0 Å². The molecule has 1 aromatic heterocycles. The number of nitrogens with zero attached hydrogens (tertiary/aromatic N) is 2. The van der Waals surface area contributed by atoms with E-state index in [-0.39, 0.29) is 5.41 Å². The van der Waals surface area contributed by atoms with Gasteiger partial charge in [-0.2, -0.15) is 0 Å². The van der Waals surface area contributed by atoms with Crippen LogP contribution in [0, 0.1) is 0 Å². The highest BCUT2D eigenvalue weighted by Gasteiger charge is 2.14. The van der Waals surface area contributed by atoms with Crippen molar-refractivity contribution in [2.75, 3.05) is 6.54 Å². The molecule has 0 aliphatic rings. The Hall–Kier alpha value is -1.94. The Morgan fingerprint density at radius 2 is 2.00 bits per heavy atom. The van der Waals surface area contributed by atoms with Crippen molar-refractivity contribution in [3.05, 3.63) is 47.9 Å². The van der Waals surface area contributed by atoms with Gasteiger partial charge in [0.25, 0.3) is 0 Å². The van der Waals surface area contributed by atoms with Crippen LogP contribution in [-0.2, 0) is 12.0 Å². The fourth-order valence-electron chi connectivity index (χ4n) is 1.92. The Bertz CT molecular complexity index is 591. The lowest BCUT2D eigenvalue weighted by Crippen LogP contribution is -2.13. The van der Waals surface area contributed by atoms with E-state index >= 15 is 0 Å². The summed E-state index contributed by atoms with van der Waals surface area (Å²) in [5, 5.41) is 3.23. The second kappa shape index (κ2) is 6.68. The van der Waals surface area contributed by atoms with E-state index in [0.717, 1.165) is 18.0 Å². The molecular weight excluding hydrogens is 262 g/mol. The molecule has 0 spiro atoms. The standard InChI is InChI=1S/C17H23N3O/c1-5-18-10-14-11-19-12-16(20-14)21-15-8-6-7-13(9-15)17(2,3)4/h6-9,11-12,18H,5,10H2,1-4H3. The molecule has 112 valence electrons. The number of rotatable bonds is 5. The quantitative estimate of drug-likeness (QED) is 0.910. The highest BCUT2D eigenvalue weighted by atomic mass is 16.5. The molecule has 4 heteroatoms. The fraction of sp³-hybridized carbons (Fsp3) is 0.412. The van der Waals surface area contributed by atoms with Crippen molar-refractivity contribution in [2.24, 2.45) is 0 Å². The van der Waals surface area contributed by atoms with Crippen LogP contribution in [0.25, 0.3) is 0 Å². The lowest BCUT2D eigenvalue weighted by molar-refractivity contribution is 0.453. The van der Waals surface area contributed by atoms with Gasteiger partial charge in [0.2, 0.25) is 5.88 Å². The second-order valence-corrected chi connectivity index (χ2v) is 6.01. The van der Waals surface area contributed by atoms with Crippen LogP contribution >= 0.6 is 0 Å². The number of ether oxygens (including phenoxy) is 1. The van der Waals surface area contributed by atoms with Crippen molar-refractivity contribution >= 4 is 0 Å². The molecular formula is C17H23N3O. The van der Waals surface area contributed by atoms with Gasteiger partial charge in [0.1, 0.15) is 5.75 Å². The molecule has 0 radical (unpaired) electrons. The van der Waals surface area contributed by atoms with Crippen LogP contribution in [0.1, 0.15) is 39.0 Å². The Morgan fingerprint density at radius 1 is 1.19 bits per heavy atom. The molecule has 0 saturated carbocycles. The Labute approximate surface area is 126 Å². The molecule has 0 aliphatic carbocycles. The van der Waals surface area contributed by atoms with E-state index in [1.54, 1.807) is 12.4 Å². The van der Waals surface area contributed by atoms with Crippen molar-refractivity contribution in [3.63, 3.8) is 0 Å². The fourth-order valence-corrected chi connectivity index (χ4v) is 1.92. The minimum atomic E-state index is 0.0952. The van der Waals surface area contributed by atoms with Gasteiger partial charge in [-0.3, -0.25) is 4.98 Å². The molecule has 0 bridgehead atoms. The molecule has 1 aromatic carbocycles. The van der Waals surface area contributed by atoms with E-state index in [9.17, 15) is 0 Å². The predicted molar refractivity (Wildman–Crippen MR) is 84.6 cm³/mol. The summed E-state index contributed by atoms with van der Waals surface area (Å²) < 4.78 is 5.83. The summed E-state index contributed by atoms with van der Waals surface area (Å²) in [6, 6.07) is 8.11. The van der Waals surface area contributed by atoms with Gasteiger partial charge in [-0.1, -0.05) is 39.8 Å². The summed E-state index contributed by atoms with van der Waals surface area (Å²) in [6.07, 6.45) is 3.39. The highest BCUT2D eigenvalue weighted by molar-refractivity contribution is 5.34. The minimum absolute atomic E-state index is 0.0952. The second-order valence-electron chi connectivity index (χ2n) is 6.01. The molecule has 1 heterocycles. The zero-order chi connectivity index (χ0) is 15.3. The normalized spacial score (nSPS) is 11.4. The van der Waals surface area contributed by atoms with Gasteiger partial charge >= 0.3 is 0 Å². The third kappa shape index (κ3) is 4.53. The first kappa shape index (κ1) is 15.4. The van der Waals surface area contributed by atoms with Crippen molar-refractivity contribution in [2.45, 2.75) is 39.7 Å². The van der Waals surface area contributed by atoms with Gasteiger partial charge in [-0.05, 0) is 29.7 Å². The summed E-state index contributed by atoms with van der Waals surface area (Å²) in [4.78, 5) is 8.63. The molecule has 0 fully saturated rings. The van der Waals surface area contributed by atoms with E-state index in [1.807, 2.05) is 12.1 Å². The summed E-state index contributed by atoms with van der Waals surface area (Å²) in [5.74, 6) is 1.31. The summed E-state index contributed by atoms with van der Waals surface area (Å²) in [7, 11) is 0. The maximum absolute atomic E-state index is 5.83. The Balaban J connectivity index is 2.14. The molecule has 21 heavy (non-hydrogen) atoms. The number of benzene rings is 1. The molecule has 2 rings (SSSR count). The van der Waals surface area contributed by atoms with Crippen LogP contribution in [0.15, 0.2) is 36.7 Å². The number of nitrogens with one attached hydrogen (secondary N) is 1. The largest absolute Gasteiger partial charge is 0.437 e. The predicted octanol–water partition coefficient (Wildman–Crippen LogP) is 3.68. The molecule has 0 atom stereocenters. The molecule has 1 N–H and O–H groups in total. The van der Waals surface area contributed by atoms with E-state index < -0.39 is 0 Å². The average molecular weight is 285 g/mol. The maximum atomic E-state index is 5.83. The first-order valence-corrected chi connectivity index (χ1v) is 7.29. The molecule has 0 unspecified atom stereocenters. The van der Waals surface area contributed by atoms with E-state index in [2.05, 4.69) is 55.1 Å². The number of hydrogen-bond acceptors (Lipinski definition) is 4. The zero-order valence-electron chi connectivity index (χ0n) is 13.2. The van der Waals surface area contributed by atoms with Crippen LogP contribution in [0.2, 0.25) is 0 Å². The molecule has 0 saturated heterocycles. The first-order valence-electron chi connectivity index (χ1n) is 7.29. The van der Waals surface area contributed by atoms with E-state index in [4.69, 9.17) is 4.74 Å². The Kier molecular flexibility index (Phi) is 4.91. The number of aromatic nitrogens is 2. The van der Waals surface area contributed by atoms with E-state index in [0.29, 0.717) is 12.4 Å². The minimum Gasteiger partial charge on any atom is -0.437 e.